The monoisotopic (exact) mass is 278 g/mol. The van der Waals surface area contributed by atoms with Gasteiger partial charge < -0.3 is 15.2 Å². The normalized spacial score (nSPS) is 10.5. The van der Waals surface area contributed by atoms with E-state index in [1.54, 1.807) is 18.4 Å². The summed E-state index contributed by atoms with van der Waals surface area (Å²) in [5.74, 6) is 1.63. The smallest absolute Gasteiger partial charge is 0.140 e. The van der Waals surface area contributed by atoms with Crippen molar-refractivity contribution < 1.29 is 9.47 Å². The fourth-order valence-corrected chi connectivity index (χ4v) is 2.70. The quantitative estimate of drug-likeness (QED) is 0.882. The third kappa shape index (κ3) is 3.45. The molecule has 0 saturated carbocycles. The molecule has 2 rings (SSSR count). The van der Waals surface area contributed by atoms with Crippen LogP contribution in [0, 0.1) is 0 Å². The van der Waals surface area contributed by atoms with Gasteiger partial charge in [-0.1, -0.05) is 6.92 Å². The van der Waals surface area contributed by atoms with Crippen LogP contribution in [-0.2, 0) is 19.6 Å². The van der Waals surface area contributed by atoms with Crippen LogP contribution in [0.5, 0.6) is 11.5 Å². The Morgan fingerprint density at radius 2 is 1.89 bits per heavy atom. The largest absolute Gasteiger partial charge is 0.497 e. The van der Waals surface area contributed by atoms with Crippen LogP contribution < -0.4 is 15.2 Å². The van der Waals surface area contributed by atoms with E-state index in [-0.39, 0.29) is 0 Å². The molecule has 0 bridgehead atoms. The Hall–Kier alpha value is -1.59. The van der Waals surface area contributed by atoms with Crippen LogP contribution in [0.2, 0.25) is 0 Å². The number of methoxy groups -OCH3 is 1. The summed E-state index contributed by atoms with van der Waals surface area (Å²) in [6, 6.07) is 7.52. The van der Waals surface area contributed by atoms with Crippen LogP contribution in [0.15, 0.2) is 24.3 Å². The maximum absolute atomic E-state index is 5.70. The molecule has 1 aromatic heterocycles. The Balaban J connectivity index is 1.99. The van der Waals surface area contributed by atoms with Gasteiger partial charge in [0, 0.05) is 11.4 Å². The van der Waals surface area contributed by atoms with Gasteiger partial charge in [-0.05, 0) is 30.7 Å². The molecular weight excluding hydrogens is 260 g/mol. The number of benzene rings is 1. The highest BCUT2D eigenvalue weighted by Crippen LogP contribution is 2.22. The number of thiazole rings is 1. The SMILES string of the molecule is CCc1nc(COc2ccc(OC)cc2)sc1CN. The van der Waals surface area contributed by atoms with E-state index >= 15 is 0 Å². The minimum Gasteiger partial charge on any atom is -0.497 e. The minimum absolute atomic E-state index is 0.476. The molecule has 19 heavy (non-hydrogen) atoms. The first-order valence-electron chi connectivity index (χ1n) is 6.21. The molecule has 0 saturated heterocycles. The van der Waals surface area contributed by atoms with Gasteiger partial charge in [-0.2, -0.15) is 0 Å². The molecule has 0 fully saturated rings. The third-order valence-corrected chi connectivity index (χ3v) is 3.86. The lowest BCUT2D eigenvalue weighted by atomic mass is 10.3. The number of rotatable bonds is 6. The van der Waals surface area contributed by atoms with Crippen LogP contribution in [0.4, 0.5) is 0 Å². The molecule has 0 radical (unpaired) electrons. The molecule has 0 spiro atoms. The molecule has 102 valence electrons. The molecule has 0 amide bonds. The average molecular weight is 278 g/mol. The molecular formula is C14H18N2O2S. The standard InChI is InChI=1S/C14H18N2O2S/c1-3-12-13(8-15)19-14(16-12)9-18-11-6-4-10(17-2)5-7-11/h4-7H,3,8-9,15H2,1-2H3. The Bertz CT molecular complexity index is 501. The fraction of sp³-hybridized carbons (Fsp3) is 0.357. The highest BCUT2D eigenvalue weighted by molar-refractivity contribution is 7.11. The lowest BCUT2D eigenvalue weighted by Crippen LogP contribution is -1.97. The minimum atomic E-state index is 0.476. The van der Waals surface area contributed by atoms with E-state index in [2.05, 4.69) is 11.9 Å². The van der Waals surface area contributed by atoms with Crippen molar-refractivity contribution >= 4 is 11.3 Å². The van der Waals surface area contributed by atoms with Crippen LogP contribution in [0.25, 0.3) is 0 Å². The molecule has 0 aliphatic rings. The second-order valence-electron chi connectivity index (χ2n) is 4.00. The summed E-state index contributed by atoms with van der Waals surface area (Å²) < 4.78 is 10.8. The second-order valence-corrected chi connectivity index (χ2v) is 5.17. The van der Waals surface area contributed by atoms with Crippen molar-refractivity contribution in [2.45, 2.75) is 26.5 Å². The van der Waals surface area contributed by atoms with E-state index in [0.29, 0.717) is 13.2 Å². The number of nitrogens with zero attached hydrogens (tertiary/aromatic N) is 1. The van der Waals surface area contributed by atoms with Crippen LogP contribution in [0.3, 0.4) is 0 Å². The lowest BCUT2D eigenvalue weighted by Gasteiger charge is -2.04. The van der Waals surface area contributed by atoms with Gasteiger partial charge in [0.15, 0.2) is 0 Å². The zero-order valence-corrected chi connectivity index (χ0v) is 12.0. The number of aromatic nitrogens is 1. The Labute approximate surface area is 117 Å². The van der Waals surface area contributed by atoms with E-state index in [0.717, 1.165) is 33.5 Å². The Kier molecular flexibility index (Phi) is 4.76. The molecule has 1 heterocycles. The molecule has 2 N–H and O–H groups in total. The molecule has 1 aromatic carbocycles. The van der Waals surface area contributed by atoms with Crippen molar-refractivity contribution in [2.75, 3.05) is 7.11 Å². The molecule has 0 aliphatic heterocycles. The van der Waals surface area contributed by atoms with Crippen LogP contribution in [-0.4, -0.2) is 12.1 Å². The van der Waals surface area contributed by atoms with E-state index in [1.807, 2.05) is 24.3 Å². The number of hydrogen-bond acceptors (Lipinski definition) is 5. The molecule has 5 heteroatoms. The zero-order chi connectivity index (χ0) is 13.7. The highest BCUT2D eigenvalue weighted by Gasteiger charge is 2.08. The Morgan fingerprint density at radius 3 is 2.42 bits per heavy atom. The fourth-order valence-electron chi connectivity index (χ4n) is 1.75. The molecule has 4 nitrogen and oxygen atoms in total. The van der Waals surface area contributed by atoms with E-state index in [1.165, 1.54) is 0 Å². The van der Waals surface area contributed by atoms with E-state index in [4.69, 9.17) is 15.2 Å². The van der Waals surface area contributed by atoms with Gasteiger partial charge >= 0.3 is 0 Å². The highest BCUT2D eigenvalue weighted by atomic mass is 32.1. The van der Waals surface area contributed by atoms with Crippen molar-refractivity contribution in [3.63, 3.8) is 0 Å². The summed E-state index contributed by atoms with van der Waals surface area (Å²) in [4.78, 5) is 5.69. The molecule has 0 aliphatic carbocycles. The van der Waals surface area contributed by atoms with Crippen molar-refractivity contribution in [3.05, 3.63) is 39.8 Å². The van der Waals surface area contributed by atoms with Gasteiger partial charge in [-0.25, -0.2) is 4.98 Å². The second kappa shape index (κ2) is 6.54. The summed E-state index contributed by atoms with van der Waals surface area (Å²) >= 11 is 1.63. The van der Waals surface area contributed by atoms with Crippen molar-refractivity contribution in [1.29, 1.82) is 0 Å². The summed E-state index contributed by atoms with van der Waals surface area (Å²) in [6.45, 7) is 3.11. The van der Waals surface area contributed by atoms with Gasteiger partial charge in [-0.15, -0.1) is 11.3 Å². The van der Waals surface area contributed by atoms with Gasteiger partial charge in [0.25, 0.3) is 0 Å². The summed E-state index contributed by atoms with van der Waals surface area (Å²) in [6.07, 6.45) is 0.908. The molecule has 2 aromatic rings. The first-order chi connectivity index (χ1) is 9.26. The van der Waals surface area contributed by atoms with Gasteiger partial charge in [-0.3, -0.25) is 0 Å². The number of aryl methyl sites for hydroxylation is 1. The lowest BCUT2D eigenvalue weighted by molar-refractivity contribution is 0.304. The van der Waals surface area contributed by atoms with Crippen molar-refractivity contribution in [1.82, 2.24) is 4.98 Å². The van der Waals surface area contributed by atoms with Crippen molar-refractivity contribution in [2.24, 2.45) is 5.73 Å². The number of nitrogens with two attached hydrogens (primary N) is 1. The van der Waals surface area contributed by atoms with Gasteiger partial charge in [0.2, 0.25) is 0 Å². The number of ether oxygens (including phenoxy) is 2. The van der Waals surface area contributed by atoms with Gasteiger partial charge in [0.05, 0.1) is 12.8 Å². The first kappa shape index (κ1) is 13.8. The topological polar surface area (TPSA) is 57.4 Å². The maximum Gasteiger partial charge on any atom is 0.140 e. The summed E-state index contributed by atoms with van der Waals surface area (Å²) in [5, 5.41) is 0.966. The molecule has 0 unspecified atom stereocenters. The van der Waals surface area contributed by atoms with Crippen LogP contribution >= 0.6 is 11.3 Å². The first-order valence-corrected chi connectivity index (χ1v) is 7.02. The molecule has 0 atom stereocenters. The average Bonchev–Trinajstić information content (AvgIpc) is 2.88. The van der Waals surface area contributed by atoms with E-state index in [9.17, 15) is 0 Å². The summed E-state index contributed by atoms with van der Waals surface area (Å²) in [7, 11) is 1.64. The van der Waals surface area contributed by atoms with Crippen LogP contribution in [0.1, 0.15) is 22.5 Å². The summed E-state index contributed by atoms with van der Waals surface area (Å²) in [5.41, 5.74) is 6.78. The predicted octanol–water partition coefficient (Wildman–Crippen LogP) is 2.75. The third-order valence-electron chi connectivity index (χ3n) is 2.76. The maximum atomic E-state index is 5.70. The van der Waals surface area contributed by atoms with Gasteiger partial charge in [0.1, 0.15) is 23.1 Å². The Morgan fingerprint density at radius 1 is 1.21 bits per heavy atom. The number of hydrogen-bond donors (Lipinski definition) is 1. The van der Waals surface area contributed by atoms with Crippen molar-refractivity contribution in [3.8, 4) is 11.5 Å². The van der Waals surface area contributed by atoms with E-state index < -0.39 is 0 Å². The zero-order valence-electron chi connectivity index (χ0n) is 11.2. The predicted molar refractivity (Wildman–Crippen MR) is 76.7 cm³/mol.